The Bertz CT molecular complexity index is 801. The van der Waals surface area contributed by atoms with Crippen LogP contribution in [0.1, 0.15) is 21.6 Å². The van der Waals surface area contributed by atoms with Gasteiger partial charge in [0.05, 0.1) is 36.9 Å². The maximum absolute atomic E-state index is 12.1. The van der Waals surface area contributed by atoms with Gasteiger partial charge in [0, 0.05) is 6.20 Å². The van der Waals surface area contributed by atoms with Gasteiger partial charge in [-0.2, -0.15) is 0 Å². The number of anilines is 1. The summed E-state index contributed by atoms with van der Waals surface area (Å²) in [6.07, 6.45) is 2.52. The molecule has 0 fully saturated rings. The first-order valence-electron chi connectivity index (χ1n) is 6.89. The van der Waals surface area contributed by atoms with Gasteiger partial charge in [0.25, 0.3) is 0 Å². The highest BCUT2D eigenvalue weighted by Gasteiger charge is 2.19. The van der Waals surface area contributed by atoms with E-state index >= 15 is 0 Å². The van der Waals surface area contributed by atoms with Crippen molar-refractivity contribution >= 4 is 21.7 Å². The number of carbonyl (C=O) groups is 1. The van der Waals surface area contributed by atoms with Gasteiger partial charge >= 0.3 is 5.97 Å². The fourth-order valence-electron chi connectivity index (χ4n) is 2.09. The minimum atomic E-state index is -3.46. The highest BCUT2D eigenvalue weighted by molar-refractivity contribution is 7.92. The molecule has 0 aliphatic rings. The van der Waals surface area contributed by atoms with E-state index in [1.807, 2.05) is 13.0 Å². The maximum atomic E-state index is 12.1. The molecule has 0 saturated heterocycles. The molecule has 2 rings (SSSR count). The number of carbonyl (C=O) groups excluding carboxylic acids is 1. The molecule has 0 amide bonds. The second-order valence-electron chi connectivity index (χ2n) is 5.14. The summed E-state index contributed by atoms with van der Waals surface area (Å²) in [5.74, 6) is -0.484. The number of benzene rings is 1. The molecule has 1 aromatic heterocycles. The Morgan fingerprint density at radius 3 is 2.52 bits per heavy atom. The molecule has 0 atom stereocenters. The number of ether oxygens (including phenoxy) is 1. The normalized spacial score (nSPS) is 11.1. The summed E-state index contributed by atoms with van der Waals surface area (Å²) in [6.45, 7) is 1.98. The largest absolute Gasteiger partial charge is 0.465 e. The molecule has 0 radical (unpaired) electrons. The number of sulfonamides is 1. The molecule has 1 aromatic carbocycles. The fraction of sp³-hybridized carbons (Fsp3) is 0.250. The van der Waals surface area contributed by atoms with E-state index in [-0.39, 0.29) is 6.54 Å². The highest BCUT2D eigenvalue weighted by Crippen LogP contribution is 2.21. The standard InChI is InChI=1S/C16H18N2O4S/c1-12-5-4-6-15(9-12)18(23(3,20)21)11-14-8-7-13(10-17-14)16(19)22-2/h4-10H,11H2,1-3H3. The lowest BCUT2D eigenvalue weighted by molar-refractivity contribution is 0.0600. The second kappa shape index (κ2) is 6.78. The van der Waals surface area contributed by atoms with Gasteiger partial charge in [0.15, 0.2) is 0 Å². The third-order valence-corrected chi connectivity index (χ3v) is 4.38. The van der Waals surface area contributed by atoms with Crippen molar-refractivity contribution < 1.29 is 17.9 Å². The molecule has 0 aliphatic heterocycles. The third-order valence-electron chi connectivity index (χ3n) is 3.24. The smallest absolute Gasteiger partial charge is 0.339 e. The zero-order valence-electron chi connectivity index (χ0n) is 13.2. The van der Waals surface area contributed by atoms with Crippen LogP contribution in [0.3, 0.4) is 0 Å². The number of aromatic nitrogens is 1. The van der Waals surface area contributed by atoms with Gasteiger partial charge < -0.3 is 4.74 Å². The Hall–Kier alpha value is -2.41. The number of aryl methyl sites for hydroxylation is 1. The van der Waals surface area contributed by atoms with Crippen molar-refractivity contribution in [2.24, 2.45) is 0 Å². The molecule has 122 valence electrons. The quantitative estimate of drug-likeness (QED) is 0.783. The van der Waals surface area contributed by atoms with Crippen LogP contribution in [-0.4, -0.2) is 32.7 Å². The van der Waals surface area contributed by atoms with Crippen LogP contribution >= 0.6 is 0 Å². The van der Waals surface area contributed by atoms with E-state index in [9.17, 15) is 13.2 Å². The first-order chi connectivity index (χ1) is 10.8. The number of pyridine rings is 1. The summed E-state index contributed by atoms with van der Waals surface area (Å²) < 4.78 is 30.1. The molecule has 0 bridgehead atoms. The Kier molecular flexibility index (Phi) is 5.00. The number of hydrogen-bond acceptors (Lipinski definition) is 5. The van der Waals surface area contributed by atoms with Crippen LogP contribution in [0, 0.1) is 6.92 Å². The van der Waals surface area contributed by atoms with E-state index in [1.165, 1.54) is 17.6 Å². The van der Waals surface area contributed by atoms with Crippen LogP contribution in [0.4, 0.5) is 5.69 Å². The topological polar surface area (TPSA) is 76.6 Å². The summed E-state index contributed by atoms with van der Waals surface area (Å²) in [4.78, 5) is 15.5. The minimum Gasteiger partial charge on any atom is -0.465 e. The van der Waals surface area contributed by atoms with E-state index < -0.39 is 16.0 Å². The molecule has 7 heteroatoms. The average Bonchev–Trinajstić information content (AvgIpc) is 2.51. The van der Waals surface area contributed by atoms with Crippen LogP contribution in [-0.2, 0) is 21.3 Å². The van der Waals surface area contributed by atoms with Crippen molar-refractivity contribution in [3.8, 4) is 0 Å². The lowest BCUT2D eigenvalue weighted by Gasteiger charge is -2.22. The van der Waals surface area contributed by atoms with Crippen molar-refractivity contribution in [1.29, 1.82) is 0 Å². The summed E-state index contributed by atoms with van der Waals surface area (Å²) in [7, 11) is -2.17. The van der Waals surface area contributed by atoms with Crippen molar-refractivity contribution in [3.63, 3.8) is 0 Å². The molecule has 2 aromatic rings. The summed E-state index contributed by atoms with van der Waals surface area (Å²) in [6, 6.07) is 10.4. The molecule has 0 saturated carbocycles. The zero-order chi connectivity index (χ0) is 17.0. The fourth-order valence-corrected chi connectivity index (χ4v) is 2.95. The SMILES string of the molecule is COC(=O)c1ccc(CN(c2cccc(C)c2)S(C)(=O)=O)nc1. The van der Waals surface area contributed by atoms with E-state index in [0.29, 0.717) is 16.9 Å². The number of rotatable bonds is 5. The van der Waals surface area contributed by atoms with Crippen molar-refractivity contribution in [2.45, 2.75) is 13.5 Å². The van der Waals surface area contributed by atoms with E-state index in [4.69, 9.17) is 0 Å². The van der Waals surface area contributed by atoms with E-state index in [0.717, 1.165) is 11.8 Å². The Labute approximate surface area is 135 Å². The Morgan fingerprint density at radius 2 is 2.00 bits per heavy atom. The molecule has 0 unspecified atom stereocenters. The van der Waals surface area contributed by atoms with Crippen LogP contribution in [0.5, 0.6) is 0 Å². The van der Waals surface area contributed by atoms with Gasteiger partial charge in [-0.05, 0) is 36.8 Å². The zero-order valence-corrected chi connectivity index (χ0v) is 14.0. The van der Waals surface area contributed by atoms with Gasteiger partial charge in [0.1, 0.15) is 0 Å². The summed E-state index contributed by atoms with van der Waals surface area (Å²) in [5.41, 5.74) is 2.39. The Balaban J connectivity index is 2.31. The monoisotopic (exact) mass is 334 g/mol. The molecular weight excluding hydrogens is 316 g/mol. The molecular formula is C16H18N2O4S. The molecule has 1 heterocycles. The van der Waals surface area contributed by atoms with E-state index in [1.54, 1.807) is 30.3 Å². The van der Waals surface area contributed by atoms with Crippen molar-refractivity contribution in [3.05, 3.63) is 59.4 Å². The molecule has 23 heavy (non-hydrogen) atoms. The lowest BCUT2D eigenvalue weighted by Crippen LogP contribution is -2.29. The first kappa shape index (κ1) is 17.0. The Morgan fingerprint density at radius 1 is 1.26 bits per heavy atom. The predicted octanol–water partition coefficient (Wildman–Crippen LogP) is 2.14. The molecule has 0 N–H and O–H groups in total. The molecule has 6 nitrogen and oxygen atoms in total. The van der Waals surface area contributed by atoms with Crippen LogP contribution in [0.2, 0.25) is 0 Å². The van der Waals surface area contributed by atoms with Gasteiger partial charge in [-0.3, -0.25) is 9.29 Å². The lowest BCUT2D eigenvalue weighted by atomic mass is 10.2. The van der Waals surface area contributed by atoms with Crippen LogP contribution in [0.25, 0.3) is 0 Å². The minimum absolute atomic E-state index is 0.0870. The first-order valence-corrected chi connectivity index (χ1v) is 8.73. The summed E-state index contributed by atoms with van der Waals surface area (Å²) >= 11 is 0. The predicted molar refractivity (Wildman–Crippen MR) is 87.8 cm³/mol. The summed E-state index contributed by atoms with van der Waals surface area (Å²) in [5, 5.41) is 0. The second-order valence-corrected chi connectivity index (χ2v) is 7.05. The number of nitrogens with zero attached hydrogens (tertiary/aromatic N) is 2. The molecule has 0 aliphatic carbocycles. The van der Waals surface area contributed by atoms with Crippen molar-refractivity contribution in [2.75, 3.05) is 17.7 Å². The van der Waals surface area contributed by atoms with Crippen LogP contribution < -0.4 is 4.31 Å². The van der Waals surface area contributed by atoms with Gasteiger partial charge in [-0.25, -0.2) is 13.2 Å². The van der Waals surface area contributed by atoms with Gasteiger partial charge in [-0.15, -0.1) is 0 Å². The average molecular weight is 334 g/mol. The third kappa shape index (κ3) is 4.29. The van der Waals surface area contributed by atoms with Gasteiger partial charge in [0.2, 0.25) is 10.0 Å². The number of esters is 1. The molecule has 0 spiro atoms. The number of hydrogen-bond donors (Lipinski definition) is 0. The van der Waals surface area contributed by atoms with E-state index in [2.05, 4.69) is 9.72 Å². The highest BCUT2D eigenvalue weighted by atomic mass is 32.2. The van der Waals surface area contributed by atoms with Crippen LogP contribution in [0.15, 0.2) is 42.6 Å². The van der Waals surface area contributed by atoms with Gasteiger partial charge in [-0.1, -0.05) is 12.1 Å². The maximum Gasteiger partial charge on any atom is 0.339 e. The number of methoxy groups -OCH3 is 1. The van der Waals surface area contributed by atoms with Crippen molar-refractivity contribution in [1.82, 2.24) is 4.98 Å².